The molecule has 0 saturated carbocycles. The lowest BCUT2D eigenvalue weighted by Crippen LogP contribution is -2.39. The van der Waals surface area contributed by atoms with Gasteiger partial charge in [0, 0.05) is 27.3 Å². The van der Waals surface area contributed by atoms with Crippen LogP contribution in [0.3, 0.4) is 0 Å². The Kier molecular flexibility index (Phi) is 7.13. The fraction of sp³-hybridized carbons (Fsp3) is 0.500. The van der Waals surface area contributed by atoms with E-state index in [1.54, 1.807) is 0 Å². The number of para-hydroxylation sites is 1. The number of hydrogen-bond donors (Lipinski definition) is 1. The summed E-state index contributed by atoms with van der Waals surface area (Å²) in [5.41, 5.74) is -1.17. The SMILES string of the molecule is COCCN(CCOC)C(=O)Nc1ccccc1C(F)(F)F. The number of methoxy groups -OCH3 is 2. The number of halogens is 3. The van der Waals surface area contributed by atoms with E-state index in [1.807, 2.05) is 0 Å². The molecule has 0 aliphatic rings. The smallest absolute Gasteiger partial charge is 0.383 e. The van der Waals surface area contributed by atoms with E-state index < -0.39 is 17.8 Å². The number of carbonyl (C=O) groups is 1. The third-order valence-electron chi connectivity index (χ3n) is 2.89. The zero-order valence-corrected chi connectivity index (χ0v) is 12.4. The molecule has 0 aliphatic carbocycles. The summed E-state index contributed by atoms with van der Waals surface area (Å²) in [5.74, 6) is 0. The van der Waals surface area contributed by atoms with Crippen molar-refractivity contribution in [1.82, 2.24) is 4.90 Å². The molecule has 0 atom stereocenters. The molecule has 0 radical (unpaired) electrons. The van der Waals surface area contributed by atoms with Gasteiger partial charge < -0.3 is 19.7 Å². The molecular formula is C14H19F3N2O3. The highest BCUT2D eigenvalue weighted by atomic mass is 19.4. The molecule has 1 rings (SSSR count). The molecule has 0 aromatic heterocycles. The monoisotopic (exact) mass is 320 g/mol. The highest BCUT2D eigenvalue weighted by Crippen LogP contribution is 2.34. The molecule has 22 heavy (non-hydrogen) atoms. The molecule has 0 bridgehead atoms. The molecule has 0 spiro atoms. The van der Waals surface area contributed by atoms with Gasteiger partial charge in [-0.05, 0) is 12.1 Å². The van der Waals surface area contributed by atoms with Gasteiger partial charge in [0.2, 0.25) is 0 Å². The molecule has 124 valence electrons. The van der Waals surface area contributed by atoms with Gasteiger partial charge in [-0.25, -0.2) is 4.79 Å². The lowest BCUT2D eigenvalue weighted by Gasteiger charge is -2.23. The Morgan fingerprint density at radius 2 is 1.68 bits per heavy atom. The molecule has 0 aliphatic heterocycles. The van der Waals surface area contributed by atoms with Crippen molar-refractivity contribution < 1.29 is 27.4 Å². The van der Waals surface area contributed by atoms with Gasteiger partial charge in [0.25, 0.3) is 0 Å². The fourth-order valence-corrected chi connectivity index (χ4v) is 1.75. The Morgan fingerprint density at radius 1 is 1.14 bits per heavy atom. The number of hydrogen-bond acceptors (Lipinski definition) is 3. The first-order chi connectivity index (χ1) is 10.4. The molecule has 0 heterocycles. The zero-order chi connectivity index (χ0) is 16.6. The topological polar surface area (TPSA) is 50.8 Å². The van der Waals surface area contributed by atoms with Crippen molar-refractivity contribution in [2.75, 3.05) is 45.8 Å². The van der Waals surface area contributed by atoms with Crippen LogP contribution in [0.4, 0.5) is 23.7 Å². The number of amides is 2. The van der Waals surface area contributed by atoms with Crippen LogP contribution in [0.1, 0.15) is 5.56 Å². The van der Waals surface area contributed by atoms with E-state index in [4.69, 9.17) is 9.47 Å². The van der Waals surface area contributed by atoms with E-state index in [1.165, 1.54) is 37.3 Å². The van der Waals surface area contributed by atoms with Crippen molar-refractivity contribution >= 4 is 11.7 Å². The Balaban J connectivity index is 2.84. The maximum Gasteiger partial charge on any atom is 0.418 e. The Hall–Kier alpha value is -1.80. The van der Waals surface area contributed by atoms with E-state index in [2.05, 4.69) is 5.32 Å². The van der Waals surface area contributed by atoms with Gasteiger partial charge in [0.15, 0.2) is 0 Å². The Labute approximate surface area is 127 Å². The highest BCUT2D eigenvalue weighted by molar-refractivity contribution is 5.90. The van der Waals surface area contributed by atoms with Gasteiger partial charge in [-0.15, -0.1) is 0 Å². The van der Waals surface area contributed by atoms with Crippen LogP contribution >= 0.6 is 0 Å². The van der Waals surface area contributed by atoms with E-state index in [9.17, 15) is 18.0 Å². The van der Waals surface area contributed by atoms with Crippen LogP contribution in [0.2, 0.25) is 0 Å². The molecule has 2 amide bonds. The summed E-state index contributed by atoms with van der Waals surface area (Å²) < 4.78 is 48.5. The number of benzene rings is 1. The molecule has 0 fully saturated rings. The van der Waals surface area contributed by atoms with Crippen molar-refractivity contribution in [3.8, 4) is 0 Å². The molecule has 1 aromatic rings. The summed E-state index contributed by atoms with van der Waals surface area (Å²) >= 11 is 0. The number of anilines is 1. The maximum absolute atomic E-state index is 12.9. The zero-order valence-electron chi connectivity index (χ0n) is 12.4. The second-order valence-electron chi connectivity index (χ2n) is 4.45. The number of rotatable bonds is 7. The minimum absolute atomic E-state index is 0.250. The van der Waals surface area contributed by atoms with Gasteiger partial charge in [-0.3, -0.25) is 0 Å². The van der Waals surface area contributed by atoms with Gasteiger partial charge in [-0.1, -0.05) is 12.1 Å². The van der Waals surface area contributed by atoms with Crippen LogP contribution in [-0.2, 0) is 15.7 Å². The second kappa shape index (κ2) is 8.60. The van der Waals surface area contributed by atoms with Crippen LogP contribution in [-0.4, -0.2) is 51.5 Å². The normalized spacial score (nSPS) is 11.3. The van der Waals surface area contributed by atoms with Crippen LogP contribution < -0.4 is 5.32 Å². The van der Waals surface area contributed by atoms with E-state index >= 15 is 0 Å². The summed E-state index contributed by atoms with van der Waals surface area (Å²) in [5, 5.41) is 2.29. The van der Waals surface area contributed by atoms with Crippen molar-refractivity contribution in [2.45, 2.75) is 6.18 Å². The van der Waals surface area contributed by atoms with Gasteiger partial charge >= 0.3 is 12.2 Å². The van der Waals surface area contributed by atoms with Crippen molar-refractivity contribution in [3.05, 3.63) is 29.8 Å². The summed E-state index contributed by atoms with van der Waals surface area (Å²) in [6, 6.07) is 4.20. The molecule has 1 aromatic carbocycles. The number of urea groups is 1. The minimum Gasteiger partial charge on any atom is -0.383 e. The highest BCUT2D eigenvalue weighted by Gasteiger charge is 2.33. The van der Waals surface area contributed by atoms with Crippen LogP contribution in [0, 0.1) is 0 Å². The van der Waals surface area contributed by atoms with Gasteiger partial charge in [-0.2, -0.15) is 13.2 Å². The number of carbonyl (C=O) groups excluding carboxylic acids is 1. The van der Waals surface area contributed by atoms with Crippen LogP contribution in [0.15, 0.2) is 24.3 Å². The first-order valence-corrected chi connectivity index (χ1v) is 6.60. The average Bonchev–Trinajstić information content (AvgIpc) is 2.46. The lowest BCUT2D eigenvalue weighted by atomic mass is 10.1. The van der Waals surface area contributed by atoms with Gasteiger partial charge in [0.1, 0.15) is 0 Å². The number of alkyl halides is 3. The first kappa shape index (κ1) is 18.2. The van der Waals surface area contributed by atoms with Crippen LogP contribution in [0.5, 0.6) is 0 Å². The summed E-state index contributed by atoms with van der Waals surface area (Å²) in [7, 11) is 2.96. The molecule has 0 saturated heterocycles. The quantitative estimate of drug-likeness (QED) is 0.840. The molecule has 1 N–H and O–H groups in total. The molecule has 0 unspecified atom stereocenters. The first-order valence-electron chi connectivity index (χ1n) is 6.60. The van der Waals surface area contributed by atoms with Crippen LogP contribution in [0.25, 0.3) is 0 Å². The largest absolute Gasteiger partial charge is 0.418 e. The lowest BCUT2D eigenvalue weighted by molar-refractivity contribution is -0.136. The standard InChI is InChI=1S/C14H19F3N2O3/c1-21-9-7-19(8-10-22-2)13(20)18-12-6-4-3-5-11(12)14(15,16)17/h3-6H,7-10H2,1-2H3,(H,18,20). The number of ether oxygens (including phenoxy) is 2. The number of nitrogens with zero attached hydrogens (tertiary/aromatic N) is 1. The third kappa shape index (κ3) is 5.53. The predicted molar refractivity (Wildman–Crippen MR) is 75.8 cm³/mol. The average molecular weight is 320 g/mol. The number of nitrogens with one attached hydrogen (secondary N) is 1. The van der Waals surface area contributed by atoms with E-state index in [0.29, 0.717) is 0 Å². The molecular weight excluding hydrogens is 301 g/mol. The fourth-order valence-electron chi connectivity index (χ4n) is 1.75. The molecule has 5 nitrogen and oxygen atoms in total. The maximum atomic E-state index is 12.9. The van der Waals surface area contributed by atoms with E-state index in [0.717, 1.165) is 6.07 Å². The summed E-state index contributed by atoms with van der Waals surface area (Å²) in [6.45, 7) is 1.05. The van der Waals surface area contributed by atoms with Crippen molar-refractivity contribution in [3.63, 3.8) is 0 Å². The summed E-state index contributed by atoms with van der Waals surface area (Å²) in [4.78, 5) is 13.5. The Morgan fingerprint density at radius 3 is 2.18 bits per heavy atom. The van der Waals surface area contributed by atoms with E-state index in [-0.39, 0.29) is 32.0 Å². The predicted octanol–water partition coefficient (Wildman–Crippen LogP) is 2.83. The van der Waals surface area contributed by atoms with Crippen molar-refractivity contribution in [2.24, 2.45) is 0 Å². The van der Waals surface area contributed by atoms with Gasteiger partial charge in [0.05, 0.1) is 24.5 Å². The van der Waals surface area contributed by atoms with Crippen molar-refractivity contribution in [1.29, 1.82) is 0 Å². The third-order valence-corrected chi connectivity index (χ3v) is 2.89. The summed E-state index contributed by atoms with van der Waals surface area (Å²) in [6.07, 6.45) is -4.53. The molecule has 8 heteroatoms. The Bertz CT molecular complexity index is 473. The minimum atomic E-state index is -4.53. The second-order valence-corrected chi connectivity index (χ2v) is 4.45.